The lowest BCUT2D eigenvalue weighted by Gasteiger charge is -2.33. The number of amides is 1. The quantitative estimate of drug-likeness (QED) is 0.398. The molecule has 0 aromatic heterocycles. The van der Waals surface area contributed by atoms with E-state index in [1.165, 1.54) is 30.7 Å². The number of allylic oxidation sites excluding steroid dienone is 1. The van der Waals surface area contributed by atoms with Crippen LogP contribution in [0, 0.1) is 0 Å². The zero-order valence-electron chi connectivity index (χ0n) is 16.6. The molecule has 0 N–H and O–H groups in total. The zero-order valence-corrected chi connectivity index (χ0v) is 17.4. The van der Waals surface area contributed by atoms with E-state index in [9.17, 15) is 14.4 Å². The molecule has 1 fully saturated rings. The van der Waals surface area contributed by atoms with Crippen LogP contribution in [-0.2, 0) is 23.9 Å². The van der Waals surface area contributed by atoms with E-state index in [2.05, 4.69) is 4.99 Å². The summed E-state index contributed by atoms with van der Waals surface area (Å²) in [5.74, 6) is -0.722. The lowest BCUT2D eigenvalue weighted by atomic mass is 9.94. The van der Waals surface area contributed by atoms with Gasteiger partial charge in [-0.25, -0.2) is 9.79 Å². The molecule has 0 saturated carbocycles. The first kappa shape index (κ1) is 21.1. The summed E-state index contributed by atoms with van der Waals surface area (Å²) in [6.45, 7) is 5.22. The maximum atomic E-state index is 12.8. The molecule has 0 spiro atoms. The largest absolute Gasteiger partial charge is 0.460 e. The molecule has 1 saturated heterocycles. The fourth-order valence-electron chi connectivity index (χ4n) is 3.16. The number of ether oxygens (including phenoxy) is 3. The van der Waals surface area contributed by atoms with Gasteiger partial charge in [0.25, 0.3) is 0 Å². The molecule has 1 amide bonds. The molecule has 2 atom stereocenters. The number of benzene rings is 1. The Morgan fingerprint density at radius 3 is 2.52 bits per heavy atom. The summed E-state index contributed by atoms with van der Waals surface area (Å²) in [4.78, 5) is 42.8. The molecule has 8 nitrogen and oxygen atoms in total. The predicted molar refractivity (Wildman–Crippen MR) is 107 cm³/mol. The van der Waals surface area contributed by atoms with Crippen molar-refractivity contribution in [3.63, 3.8) is 0 Å². The molecule has 9 heteroatoms. The van der Waals surface area contributed by atoms with Crippen LogP contribution in [0.5, 0.6) is 5.75 Å². The van der Waals surface area contributed by atoms with Crippen LogP contribution in [0.1, 0.15) is 32.4 Å². The molecular weight excluding hydrogens is 396 g/mol. The summed E-state index contributed by atoms with van der Waals surface area (Å²) in [6.07, 6.45) is 0. The number of hydrogen-bond donors (Lipinski definition) is 0. The number of thioether (sulfide) groups is 1. The molecule has 1 aromatic carbocycles. The van der Waals surface area contributed by atoms with Gasteiger partial charge in [0.15, 0.2) is 5.17 Å². The molecule has 3 rings (SSSR count). The summed E-state index contributed by atoms with van der Waals surface area (Å²) >= 11 is 1.36. The second kappa shape index (κ2) is 8.79. The molecule has 2 heterocycles. The van der Waals surface area contributed by atoms with Gasteiger partial charge in [-0.1, -0.05) is 23.9 Å². The number of methoxy groups -OCH3 is 1. The monoisotopic (exact) mass is 418 g/mol. The van der Waals surface area contributed by atoms with Crippen molar-refractivity contribution in [3.05, 3.63) is 41.1 Å². The number of esters is 2. The summed E-state index contributed by atoms with van der Waals surface area (Å²) in [6, 6.07) is 6.03. The van der Waals surface area contributed by atoms with E-state index < -0.39 is 18.0 Å². The van der Waals surface area contributed by atoms with Gasteiger partial charge in [0.2, 0.25) is 5.91 Å². The number of nitrogens with zero attached hydrogens (tertiary/aromatic N) is 2. The lowest BCUT2D eigenvalue weighted by Crippen LogP contribution is -2.40. The maximum Gasteiger partial charge on any atom is 0.338 e. The Morgan fingerprint density at radius 1 is 1.21 bits per heavy atom. The number of carbonyl (C=O) groups is 3. The van der Waals surface area contributed by atoms with Crippen LogP contribution >= 0.6 is 11.8 Å². The molecule has 0 radical (unpaired) electrons. The van der Waals surface area contributed by atoms with Crippen molar-refractivity contribution in [3.8, 4) is 5.75 Å². The van der Waals surface area contributed by atoms with Crippen LogP contribution in [-0.4, -0.2) is 53.5 Å². The van der Waals surface area contributed by atoms with E-state index >= 15 is 0 Å². The first-order chi connectivity index (χ1) is 13.8. The van der Waals surface area contributed by atoms with Crippen molar-refractivity contribution in [1.29, 1.82) is 0 Å². The third-order valence-corrected chi connectivity index (χ3v) is 5.51. The minimum Gasteiger partial charge on any atom is -0.460 e. The first-order valence-corrected chi connectivity index (χ1v) is 9.95. The van der Waals surface area contributed by atoms with Gasteiger partial charge < -0.3 is 14.2 Å². The first-order valence-electron chi connectivity index (χ1n) is 9.07. The Balaban J connectivity index is 2.00. The van der Waals surface area contributed by atoms with Gasteiger partial charge in [0.05, 0.1) is 29.2 Å². The van der Waals surface area contributed by atoms with Crippen molar-refractivity contribution in [2.45, 2.75) is 32.1 Å². The number of rotatable bonds is 6. The van der Waals surface area contributed by atoms with E-state index in [4.69, 9.17) is 14.2 Å². The minimum atomic E-state index is -0.672. The standard InChI is InChI=1S/C20H22N2O6S/c1-11-16(19(25)27-10-9-26-4)17(22-18(24)12(2)29-20(22)21-11)14-5-7-15(8-6-14)28-13(3)23/h5-8,12,17H,9-10H2,1-4H3/t12-,17-/m1/s1. The summed E-state index contributed by atoms with van der Waals surface area (Å²) in [5.41, 5.74) is 1.49. The molecule has 154 valence electrons. The van der Waals surface area contributed by atoms with Crippen molar-refractivity contribution < 1.29 is 28.6 Å². The highest BCUT2D eigenvalue weighted by Crippen LogP contribution is 2.43. The van der Waals surface area contributed by atoms with Crippen molar-refractivity contribution in [2.75, 3.05) is 20.3 Å². The topological polar surface area (TPSA) is 94.5 Å². The second-order valence-corrected chi connectivity index (χ2v) is 7.86. The molecule has 2 aliphatic rings. The van der Waals surface area contributed by atoms with Crippen LogP contribution in [0.3, 0.4) is 0 Å². The van der Waals surface area contributed by atoms with Gasteiger partial charge in [-0.3, -0.25) is 14.5 Å². The zero-order chi connectivity index (χ0) is 21.1. The highest BCUT2D eigenvalue weighted by molar-refractivity contribution is 8.15. The van der Waals surface area contributed by atoms with Gasteiger partial charge in [0, 0.05) is 14.0 Å². The number of amidine groups is 1. The minimum absolute atomic E-state index is 0.0971. The molecular formula is C20H22N2O6S. The average molecular weight is 418 g/mol. The summed E-state index contributed by atoms with van der Waals surface area (Å²) in [5, 5.41) is 0.260. The Bertz CT molecular complexity index is 893. The van der Waals surface area contributed by atoms with Crippen LogP contribution < -0.4 is 4.74 Å². The normalized spacial score (nSPS) is 21.0. The third kappa shape index (κ3) is 4.35. The molecule has 29 heavy (non-hydrogen) atoms. The van der Waals surface area contributed by atoms with E-state index in [1.54, 1.807) is 38.1 Å². The van der Waals surface area contributed by atoms with Gasteiger partial charge in [0.1, 0.15) is 12.4 Å². The predicted octanol–water partition coefficient (Wildman–Crippen LogP) is 2.45. The van der Waals surface area contributed by atoms with Gasteiger partial charge >= 0.3 is 11.9 Å². The van der Waals surface area contributed by atoms with E-state index in [1.807, 2.05) is 0 Å². The third-order valence-electron chi connectivity index (χ3n) is 4.46. The smallest absolute Gasteiger partial charge is 0.338 e. The number of fused-ring (bicyclic) bond motifs is 1. The molecule has 0 bridgehead atoms. The average Bonchev–Trinajstić information content (AvgIpc) is 2.94. The number of aliphatic imine (C=N–C) groups is 1. The summed E-state index contributed by atoms with van der Waals surface area (Å²) in [7, 11) is 1.52. The molecule has 0 unspecified atom stereocenters. The Hall–Kier alpha value is -2.65. The fraction of sp³-hybridized carbons (Fsp3) is 0.400. The SMILES string of the molecule is COCCOC(=O)C1=C(C)N=C2S[C@H](C)C(=O)N2[C@@H]1c1ccc(OC(C)=O)cc1. The van der Waals surface area contributed by atoms with E-state index in [-0.39, 0.29) is 24.4 Å². The Morgan fingerprint density at radius 2 is 1.90 bits per heavy atom. The molecule has 0 aliphatic carbocycles. The summed E-state index contributed by atoms with van der Waals surface area (Å²) < 4.78 is 15.3. The van der Waals surface area contributed by atoms with Gasteiger partial charge in [-0.05, 0) is 31.5 Å². The van der Waals surface area contributed by atoms with Crippen LogP contribution in [0.2, 0.25) is 0 Å². The van der Waals surface area contributed by atoms with Crippen molar-refractivity contribution in [1.82, 2.24) is 4.90 Å². The maximum absolute atomic E-state index is 12.8. The lowest BCUT2D eigenvalue weighted by molar-refractivity contribution is -0.141. The second-order valence-electron chi connectivity index (χ2n) is 6.56. The number of hydrogen-bond acceptors (Lipinski definition) is 8. The van der Waals surface area contributed by atoms with E-state index in [0.29, 0.717) is 27.8 Å². The van der Waals surface area contributed by atoms with Crippen LogP contribution in [0.25, 0.3) is 0 Å². The van der Waals surface area contributed by atoms with E-state index in [0.717, 1.165) is 0 Å². The molecule has 1 aromatic rings. The number of carbonyl (C=O) groups excluding carboxylic acids is 3. The molecule has 2 aliphatic heterocycles. The van der Waals surface area contributed by atoms with Gasteiger partial charge in [-0.2, -0.15) is 0 Å². The Kier molecular flexibility index (Phi) is 6.39. The Labute approximate surface area is 172 Å². The van der Waals surface area contributed by atoms with Crippen LogP contribution in [0.15, 0.2) is 40.5 Å². The van der Waals surface area contributed by atoms with Crippen molar-refractivity contribution >= 4 is 34.8 Å². The highest BCUT2D eigenvalue weighted by atomic mass is 32.2. The fourth-order valence-corrected chi connectivity index (χ4v) is 4.19. The van der Waals surface area contributed by atoms with Crippen molar-refractivity contribution in [2.24, 2.45) is 4.99 Å². The van der Waals surface area contributed by atoms with Crippen LogP contribution in [0.4, 0.5) is 0 Å². The highest BCUT2D eigenvalue weighted by Gasteiger charge is 2.46. The van der Waals surface area contributed by atoms with Gasteiger partial charge in [-0.15, -0.1) is 0 Å².